The van der Waals surface area contributed by atoms with Crippen LogP contribution in [0.1, 0.15) is 13.3 Å². The lowest BCUT2D eigenvalue weighted by Crippen LogP contribution is -1.97. The lowest BCUT2D eigenvalue weighted by molar-refractivity contribution is -0.116. The zero-order valence-electron chi connectivity index (χ0n) is 7.72. The first kappa shape index (κ1) is 11.9. The summed E-state index contributed by atoms with van der Waals surface area (Å²) in [6.45, 7) is 1.85. The van der Waals surface area contributed by atoms with Gasteiger partial charge < -0.3 is 0 Å². The molecular weight excluding hydrogens is 239 g/mol. The van der Waals surface area contributed by atoms with Crippen LogP contribution in [0.2, 0.25) is 10.0 Å². The number of halogens is 2. The second-order valence-corrected chi connectivity index (χ2v) is 4.62. The zero-order valence-corrected chi connectivity index (χ0v) is 10.0. The predicted molar refractivity (Wildman–Crippen MR) is 62.5 cm³/mol. The van der Waals surface area contributed by atoms with E-state index in [1.165, 1.54) is 11.8 Å². The SMILES string of the molecule is CCC(=O)CSc1ccc(Cl)cc1Cl. The standard InChI is InChI=1S/C10H10Cl2OS/c1-2-8(13)6-14-10-4-3-7(11)5-9(10)12/h3-5H,2,6H2,1H3. The second kappa shape index (κ2) is 5.64. The molecule has 1 aromatic carbocycles. The first-order valence-electron chi connectivity index (χ1n) is 4.23. The lowest BCUT2D eigenvalue weighted by atomic mass is 10.3. The molecule has 76 valence electrons. The third-order valence-corrected chi connectivity index (χ3v) is 3.47. The van der Waals surface area contributed by atoms with E-state index < -0.39 is 0 Å². The largest absolute Gasteiger partial charge is 0.299 e. The summed E-state index contributed by atoms with van der Waals surface area (Å²) in [7, 11) is 0. The van der Waals surface area contributed by atoms with Gasteiger partial charge in [0.15, 0.2) is 0 Å². The molecule has 0 bridgehead atoms. The van der Waals surface area contributed by atoms with Crippen molar-refractivity contribution in [1.82, 2.24) is 0 Å². The molecule has 0 aromatic heterocycles. The van der Waals surface area contributed by atoms with E-state index in [-0.39, 0.29) is 5.78 Å². The molecule has 0 aliphatic carbocycles. The summed E-state index contributed by atoms with van der Waals surface area (Å²) in [6.07, 6.45) is 0.568. The number of carbonyl (C=O) groups is 1. The van der Waals surface area contributed by atoms with Crippen LogP contribution in [0.15, 0.2) is 23.1 Å². The summed E-state index contributed by atoms with van der Waals surface area (Å²) in [6, 6.07) is 5.28. The molecule has 0 atom stereocenters. The molecule has 4 heteroatoms. The number of carbonyl (C=O) groups excluding carboxylic acids is 1. The zero-order chi connectivity index (χ0) is 10.6. The number of thioether (sulfide) groups is 1. The highest BCUT2D eigenvalue weighted by atomic mass is 35.5. The summed E-state index contributed by atoms with van der Waals surface area (Å²) < 4.78 is 0. The van der Waals surface area contributed by atoms with Crippen LogP contribution in [0, 0.1) is 0 Å². The maximum atomic E-state index is 11.1. The molecule has 0 fully saturated rings. The van der Waals surface area contributed by atoms with Crippen molar-refractivity contribution in [3.8, 4) is 0 Å². The maximum absolute atomic E-state index is 11.1. The average Bonchev–Trinajstić information content (AvgIpc) is 2.16. The Hall–Kier alpha value is -0.180. The van der Waals surface area contributed by atoms with Crippen molar-refractivity contribution in [2.75, 3.05) is 5.75 Å². The number of hydrogen-bond donors (Lipinski definition) is 0. The van der Waals surface area contributed by atoms with Crippen LogP contribution in [0.3, 0.4) is 0 Å². The summed E-state index contributed by atoms with van der Waals surface area (Å²) in [5.41, 5.74) is 0. The summed E-state index contributed by atoms with van der Waals surface area (Å²) >= 11 is 13.1. The van der Waals surface area contributed by atoms with Gasteiger partial charge in [0.05, 0.1) is 10.8 Å². The number of ketones is 1. The summed E-state index contributed by atoms with van der Waals surface area (Å²) in [4.78, 5) is 12.0. The third kappa shape index (κ3) is 3.52. The van der Waals surface area contributed by atoms with Crippen LogP contribution < -0.4 is 0 Å². The molecule has 0 spiro atoms. The van der Waals surface area contributed by atoms with Crippen LogP contribution in [0.4, 0.5) is 0 Å². The van der Waals surface area contributed by atoms with E-state index in [4.69, 9.17) is 23.2 Å². The first-order valence-corrected chi connectivity index (χ1v) is 5.97. The fourth-order valence-electron chi connectivity index (χ4n) is 0.853. The van der Waals surface area contributed by atoms with Crippen LogP contribution >= 0.6 is 35.0 Å². The molecule has 0 heterocycles. The second-order valence-electron chi connectivity index (χ2n) is 2.76. The van der Waals surface area contributed by atoms with Crippen molar-refractivity contribution >= 4 is 40.7 Å². The molecule has 1 rings (SSSR count). The van der Waals surface area contributed by atoms with Gasteiger partial charge in [-0.25, -0.2) is 0 Å². The molecule has 0 N–H and O–H groups in total. The highest BCUT2D eigenvalue weighted by Crippen LogP contribution is 2.29. The molecule has 0 radical (unpaired) electrons. The van der Waals surface area contributed by atoms with Crippen molar-refractivity contribution < 1.29 is 4.79 Å². The van der Waals surface area contributed by atoms with Crippen LogP contribution in [0.5, 0.6) is 0 Å². The molecule has 0 aliphatic rings. The Balaban J connectivity index is 2.63. The minimum absolute atomic E-state index is 0.223. The van der Waals surface area contributed by atoms with Gasteiger partial charge in [-0.2, -0.15) is 0 Å². The molecule has 0 aliphatic heterocycles. The van der Waals surface area contributed by atoms with E-state index in [0.717, 1.165) is 4.90 Å². The van der Waals surface area contributed by atoms with Crippen molar-refractivity contribution in [3.05, 3.63) is 28.2 Å². The van der Waals surface area contributed by atoms with E-state index >= 15 is 0 Å². The molecule has 14 heavy (non-hydrogen) atoms. The normalized spacial score (nSPS) is 10.2. The van der Waals surface area contributed by atoms with Gasteiger partial charge in [-0.1, -0.05) is 30.1 Å². The van der Waals surface area contributed by atoms with Gasteiger partial charge in [0.1, 0.15) is 5.78 Å². The smallest absolute Gasteiger partial charge is 0.142 e. The van der Waals surface area contributed by atoms with Gasteiger partial charge >= 0.3 is 0 Å². The number of rotatable bonds is 4. The van der Waals surface area contributed by atoms with Gasteiger partial charge in [-0.05, 0) is 18.2 Å². The third-order valence-electron chi connectivity index (χ3n) is 1.68. The summed E-state index contributed by atoms with van der Waals surface area (Å²) in [5, 5.41) is 1.22. The Morgan fingerprint density at radius 2 is 2.14 bits per heavy atom. The molecule has 1 aromatic rings. The van der Waals surface area contributed by atoms with E-state index in [1.807, 2.05) is 13.0 Å². The van der Waals surface area contributed by atoms with Crippen LogP contribution in [0.25, 0.3) is 0 Å². The number of hydrogen-bond acceptors (Lipinski definition) is 2. The highest BCUT2D eigenvalue weighted by Gasteiger charge is 2.04. The Morgan fingerprint density at radius 1 is 1.43 bits per heavy atom. The van der Waals surface area contributed by atoms with Crippen LogP contribution in [-0.4, -0.2) is 11.5 Å². The maximum Gasteiger partial charge on any atom is 0.142 e. The monoisotopic (exact) mass is 248 g/mol. The van der Waals surface area contributed by atoms with Crippen LogP contribution in [-0.2, 0) is 4.79 Å². The van der Waals surface area contributed by atoms with Gasteiger partial charge in [-0.3, -0.25) is 4.79 Å². The fourth-order valence-corrected chi connectivity index (χ4v) is 2.31. The molecule has 0 saturated heterocycles. The lowest BCUT2D eigenvalue weighted by Gasteiger charge is -2.02. The van der Waals surface area contributed by atoms with Gasteiger partial charge in [0, 0.05) is 16.3 Å². The molecule has 0 saturated carbocycles. The van der Waals surface area contributed by atoms with Gasteiger partial charge in [0.2, 0.25) is 0 Å². The van der Waals surface area contributed by atoms with Crippen molar-refractivity contribution in [2.24, 2.45) is 0 Å². The molecule has 1 nitrogen and oxygen atoms in total. The Bertz CT molecular complexity index is 339. The van der Waals surface area contributed by atoms with Crippen molar-refractivity contribution in [2.45, 2.75) is 18.2 Å². The van der Waals surface area contributed by atoms with E-state index in [9.17, 15) is 4.79 Å². The minimum atomic E-state index is 0.223. The van der Waals surface area contributed by atoms with E-state index in [1.54, 1.807) is 12.1 Å². The van der Waals surface area contributed by atoms with E-state index in [0.29, 0.717) is 22.2 Å². The Morgan fingerprint density at radius 3 is 2.71 bits per heavy atom. The Labute approximate surface area is 97.8 Å². The minimum Gasteiger partial charge on any atom is -0.299 e. The summed E-state index contributed by atoms with van der Waals surface area (Å²) in [5.74, 6) is 0.693. The number of benzene rings is 1. The first-order chi connectivity index (χ1) is 6.63. The van der Waals surface area contributed by atoms with Crippen molar-refractivity contribution in [3.63, 3.8) is 0 Å². The fraction of sp³-hybridized carbons (Fsp3) is 0.300. The topological polar surface area (TPSA) is 17.1 Å². The average molecular weight is 249 g/mol. The quantitative estimate of drug-likeness (QED) is 0.748. The molecule has 0 amide bonds. The Kier molecular flexibility index (Phi) is 4.79. The number of Topliss-reactive ketones (excluding diaryl/α,β-unsaturated/α-hetero) is 1. The van der Waals surface area contributed by atoms with Crippen molar-refractivity contribution in [1.29, 1.82) is 0 Å². The molecule has 0 unspecified atom stereocenters. The van der Waals surface area contributed by atoms with Gasteiger partial charge in [0.25, 0.3) is 0 Å². The van der Waals surface area contributed by atoms with Gasteiger partial charge in [-0.15, -0.1) is 11.8 Å². The predicted octanol–water partition coefficient (Wildman–Crippen LogP) is 4.06. The van der Waals surface area contributed by atoms with E-state index in [2.05, 4.69) is 0 Å². The molecular formula is C10H10Cl2OS. The highest BCUT2D eigenvalue weighted by molar-refractivity contribution is 8.00.